The van der Waals surface area contributed by atoms with Gasteiger partial charge in [0.05, 0.1) is 12.3 Å². The Morgan fingerprint density at radius 3 is 3.08 bits per heavy atom. The van der Waals surface area contributed by atoms with E-state index in [2.05, 4.69) is 11.9 Å². The van der Waals surface area contributed by atoms with Crippen LogP contribution in [-0.4, -0.2) is 13.1 Å². The molecule has 1 aromatic heterocycles. The Morgan fingerprint density at radius 1 is 1.69 bits per heavy atom. The van der Waals surface area contributed by atoms with Gasteiger partial charge < -0.3 is 15.5 Å². The summed E-state index contributed by atoms with van der Waals surface area (Å²) in [4.78, 5) is 0. The molecule has 1 aromatic rings. The summed E-state index contributed by atoms with van der Waals surface area (Å²) < 4.78 is 5.25. The molecule has 0 spiro atoms. The lowest BCUT2D eigenvalue weighted by molar-refractivity contribution is 0.419. The van der Waals surface area contributed by atoms with Crippen LogP contribution in [0.3, 0.4) is 0 Å². The van der Waals surface area contributed by atoms with Gasteiger partial charge in [-0.3, -0.25) is 0 Å². The van der Waals surface area contributed by atoms with E-state index in [-0.39, 0.29) is 6.04 Å². The number of hydrogen-bond donors (Lipinski definition) is 2. The van der Waals surface area contributed by atoms with Crippen molar-refractivity contribution in [1.82, 2.24) is 5.32 Å². The maximum atomic E-state index is 5.60. The fourth-order valence-electron chi connectivity index (χ4n) is 1.15. The van der Waals surface area contributed by atoms with Crippen molar-refractivity contribution in [2.24, 2.45) is 5.73 Å². The fourth-order valence-corrected chi connectivity index (χ4v) is 1.15. The van der Waals surface area contributed by atoms with Gasteiger partial charge in [-0.2, -0.15) is 0 Å². The van der Waals surface area contributed by atoms with E-state index in [1.807, 2.05) is 18.2 Å². The van der Waals surface area contributed by atoms with Crippen LogP contribution >= 0.6 is 0 Å². The number of nitrogens with two attached hydrogens (primary N) is 1. The maximum Gasteiger partial charge on any atom is 0.121 e. The highest BCUT2D eigenvalue weighted by molar-refractivity contribution is 5.04. The third-order valence-corrected chi connectivity index (χ3v) is 1.86. The lowest BCUT2D eigenvalue weighted by atomic mass is 10.2. The van der Waals surface area contributed by atoms with E-state index >= 15 is 0 Å². The second-order valence-corrected chi connectivity index (χ2v) is 2.84. The summed E-state index contributed by atoms with van der Waals surface area (Å²) in [6, 6.07) is 3.92. The van der Waals surface area contributed by atoms with E-state index in [1.54, 1.807) is 6.26 Å². The molecule has 13 heavy (non-hydrogen) atoms. The van der Waals surface area contributed by atoms with Crippen molar-refractivity contribution < 1.29 is 4.42 Å². The molecular weight excluding hydrogens is 164 g/mol. The van der Waals surface area contributed by atoms with Gasteiger partial charge in [-0.05, 0) is 25.1 Å². The summed E-state index contributed by atoms with van der Waals surface area (Å²) in [6.45, 7) is 5.08. The maximum absolute atomic E-state index is 5.60. The third kappa shape index (κ3) is 3.05. The van der Waals surface area contributed by atoms with Gasteiger partial charge in [0.25, 0.3) is 0 Å². The Labute approximate surface area is 78.6 Å². The lowest BCUT2D eigenvalue weighted by Gasteiger charge is -2.13. The molecule has 0 aliphatic rings. The molecular formula is C10H16N2O. The van der Waals surface area contributed by atoms with Gasteiger partial charge in [0.15, 0.2) is 0 Å². The van der Waals surface area contributed by atoms with E-state index in [0.29, 0.717) is 6.54 Å². The van der Waals surface area contributed by atoms with E-state index in [4.69, 9.17) is 10.2 Å². The molecule has 0 aromatic carbocycles. The topological polar surface area (TPSA) is 51.2 Å². The van der Waals surface area contributed by atoms with Crippen molar-refractivity contribution in [3.8, 4) is 0 Å². The molecule has 0 aliphatic heterocycles. The average Bonchev–Trinajstić information content (AvgIpc) is 2.65. The van der Waals surface area contributed by atoms with Gasteiger partial charge in [0, 0.05) is 6.54 Å². The van der Waals surface area contributed by atoms with Crippen LogP contribution < -0.4 is 11.1 Å². The van der Waals surface area contributed by atoms with Crippen LogP contribution in [-0.2, 0) is 0 Å². The van der Waals surface area contributed by atoms with E-state index in [9.17, 15) is 0 Å². The van der Waals surface area contributed by atoms with Gasteiger partial charge in [-0.25, -0.2) is 0 Å². The first-order chi connectivity index (χ1) is 6.38. The van der Waals surface area contributed by atoms with Crippen LogP contribution in [0.15, 0.2) is 35.5 Å². The first kappa shape index (κ1) is 10.0. The van der Waals surface area contributed by atoms with E-state index in [1.165, 1.54) is 0 Å². The van der Waals surface area contributed by atoms with Crippen molar-refractivity contribution in [2.75, 3.05) is 13.1 Å². The van der Waals surface area contributed by atoms with Crippen LogP contribution in [0.2, 0.25) is 0 Å². The number of furan rings is 1. The standard InChI is InChI=1S/C10H16N2O/c1-2-3-6-12-9(8-11)10-5-4-7-13-10/h2,4-5,7,9,12H,1,3,6,8,11H2. The molecule has 0 radical (unpaired) electrons. The summed E-state index contributed by atoms with van der Waals surface area (Å²) in [5.74, 6) is 0.895. The zero-order valence-corrected chi connectivity index (χ0v) is 7.70. The predicted octanol–water partition coefficient (Wildman–Crippen LogP) is 1.45. The number of hydrogen-bond acceptors (Lipinski definition) is 3. The molecule has 0 fully saturated rings. The summed E-state index contributed by atoms with van der Waals surface area (Å²) in [5.41, 5.74) is 5.60. The normalized spacial score (nSPS) is 12.7. The second-order valence-electron chi connectivity index (χ2n) is 2.84. The van der Waals surface area contributed by atoms with Gasteiger partial charge in [-0.1, -0.05) is 6.08 Å². The Bertz CT molecular complexity index is 231. The average molecular weight is 180 g/mol. The van der Waals surface area contributed by atoms with Gasteiger partial charge in [-0.15, -0.1) is 6.58 Å². The van der Waals surface area contributed by atoms with Gasteiger partial charge in [0.2, 0.25) is 0 Å². The molecule has 0 amide bonds. The van der Waals surface area contributed by atoms with Crippen molar-refractivity contribution in [2.45, 2.75) is 12.5 Å². The molecule has 1 rings (SSSR count). The van der Waals surface area contributed by atoms with E-state index < -0.39 is 0 Å². The van der Waals surface area contributed by atoms with Crippen molar-refractivity contribution in [3.05, 3.63) is 36.8 Å². The quantitative estimate of drug-likeness (QED) is 0.514. The Balaban J connectivity index is 2.39. The smallest absolute Gasteiger partial charge is 0.121 e. The first-order valence-electron chi connectivity index (χ1n) is 4.46. The highest BCUT2D eigenvalue weighted by Crippen LogP contribution is 2.11. The van der Waals surface area contributed by atoms with Crippen LogP contribution in [0.4, 0.5) is 0 Å². The molecule has 0 bridgehead atoms. The van der Waals surface area contributed by atoms with Crippen LogP contribution in [0.1, 0.15) is 18.2 Å². The molecule has 0 saturated carbocycles. The minimum Gasteiger partial charge on any atom is -0.468 e. The highest BCUT2D eigenvalue weighted by Gasteiger charge is 2.09. The monoisotopic (exact) mass is 180 g/mol. The zero-order valence-electron chi connectivity index (χ0n) is 7.70. The summed E-state index contributed by atoms with van der Waals surface area (Å²) >= 11 is 0. The molecule has 3 N–H and O–H groups in total. The van der Waals surface area contributed by atoms with Gasteiger partial charge >= 0.3 is 0 Å². The molecule has 0 saturated heterocycles. The Hall–Kier alpha value is -1.06. The number of nitrogens with one attached hydrogen (secondary N) is 1. The van der Waals surface area contributed by atoms with Crippen molar-refractivity contribution >= 4 is 0 Å². The summed E-state index contributed by atoms with van der Waals surface area (Å²) in [5, 5.41) is 3.28. The largest absolute Gasteiger partial charge is 0.468 e. The molecule has 1 atom stereocenters. The highest BCUT2D eigenvalue weighted by atomic mass is 16.3. The summed E-state index contributed by atoms with van der Waals surface area (Å²) in [6.07, 6.45) is 4.48. The summed E-state index contributed by atoms with van der Waals surface area (Å²) in [7, 11) is 0. The van der Waals surface area contributed by atoms with E-state index in [0.717, 1.165) is 18.7 Å². The van der Waals surface area contributed by atoms with Crippen molar-refractivity contribution in [1.29, 1.82) is 0 Å². The Morgan fingerprint density at radius 2 is 2.54 bits per heavy atom. The molecule has 1 heterocycles. The van der Waals surface area contributed by atoms with Crippen LogP contribution in [0.25, 0.3) is 0 Å². The molecule has 3 nitrogen and oxygen atoms in total. The molecule has 0 aliphatic carbocycles. The zero-order chi connectivity index (χ0) is 9.52. The molecule has 72 valence electrons. The fraction of sp³-hybridized carbons (Fsp3) is 0.400. The molecule has 1 unspecified atom stereocenters. The minimum absolute atomic E-state index is 0.120. The second kappa shape index (κ2) is 5.56. The Kier molecular flexibility index (Phi) is 4.29. The first-order valence-corrected chi connectivity index (χ1v) is 4.46. The number of rotatable bonds is 6. The molecule has 3 heteroatoms. The predicted molar refractivity (Wildman–Crippen MR) is 53.3 cm³/mol. The third-order valence-electron chi connectivity index (χ3n) is 1.86. The lowest BCUT2D eigenvalue weighted by Crippen LogP contribution is -2.28. The SMILES string of the molecule is C=CCCNC(CN)c1ccco1. The minimum atomic E-state index is 0.120. The van der Waals surface area contributed by atoms with Crippen LogP contribution in [0.5, 0.6) is 0 Å². The van der Waals surface area contributed by atoms with Crippen molar-refractivity contribution in [3.63, 3.8) is 0 Å². The van der Waals surface area contributed by atoms with Crippen LogP contribution in [0, 0.1) is 0 Å². The van der Waals surface area contributed by atoms with Gasteiger partial charge in [0.1, 0.15) is 5.76 Å².